The van der Waals surface area contributed by atoms with Gasteiger partial charge in [0.2, 0.25) is 0 Å². The number of carbonyl (C=O) groups excluding carboxylic acids is 1. The molecule has 0 aromatic heterocycles. The van der Waals surface area contributed by atoms with Crippen molar-refractivity contribution in [1.29, 1.82) is 0 Å². The number of rotatable bonds is 8. The first-order valence-electron chi connectivity index (χ1n) is 7.02. The molecule has 1 aliphatic rings. The van der Waals surface area contributed by atoms with Crippen LogP contribution in [-0.4, -0.2) is 5.78 Å². The fourth-order valence-corrected chi connectivity index (χ4v) is 2.33. The lowest BCUT2D eigenvalue weighted by atomic mass is 9.94. The van der Waals surface area contributed by atoms with Crippen molar-refractivity contribution in [2.45, 2.75) is 77.6 Å². The van der Waals surface area contributed by atoms with Crippen LogP contribution in [0.15, 0.2) is 11.6 Å². The predicted octanol–water partition coefficient (Wildman–Crippen LogP) is 4.81. The standard InChI is InChI=1S/C15H26O/c1-2-3-4-5-9-12-15(16)13-14-10-7-6-8-11-14/h10H,2-9,11-13H2,1H3. The van der Waals surface area contributed by atoms with Gasteiger partial charge in [-0.05, 0) is 32.1 Å². The lowest BCUT2D eigenvalue weighted by Gasteiger charge is -2.11. The molecule has 16 heavy (non-hydrogen) atoms. The van der Waals surface area contributed by atoms with Crippen LogP contribution in [0, 0.1) is 0 Å². The Morgan fingerprint density at radius 3 is 2.69 bits per heavy atom. The summed E-state index contributed by atoms with van der Waals surface area (Å²) in [6.45, 7) is 2.22. The zero-order chi connectivity index (χ0) is 11.6. The van der Waals surface area contributed by atoms with Crippen molar-refractivity contribution < 1.29 is 4.79 Å². The van der Waals surface area contributed by atoms with E-state index in [1.807, 2.05) is 0 Å². The summed E-state index contributed by atoms with van der Waals surface area (Å²) in [4.78, 5) is 11.7. The average molecular weight is 222 g/mol. The third-order valence-corrected chi connectivity index (χ3v) is 3.37. The molecule has 0 aliphatic heterocycles. The molecule has 0 atom stereocenters. The van der Waals surface area contributed by atoms with E-state index < -0.39 is 0 Å². The molecule has 0 saturated carbocycles. The average Bonchev–Trinajstić information content (AvgIpc) is 2.30. The molecule has 0 bridgehead atoms. The maximum Gasteiger partial charge on any atom is 0.136 e. The minimum atomic E-state index is 0.463. The smallest absolute Gasteiger partial charge is 0.136 e. The Balaban J connectivity index is 2.04. The second-order valence-corrected chi connectivity index (χ2v) is 4.99. The molecule has 0 saturated heterocycles. The Labute approximate surface area is 100 Å². The van der Waals surface area contributed by atoms with Crippen LogP contribution < -0.4 is 0 Å². The van der Waals surface area contributed by atoms with E-state index in [0.717, 1.165) is 19.3 Å². The minimum absolute atomic E-state index is 0.463. The number of carbonyl (C=O) groups is 1. The quantitative estimate of drug-likeness (QED) is 0.425. The molecule has 0 aromatic carbocycles. The molecular formula is C15H26O. The summed E-state index contributed by atoms with van der Waals surface area (Å²) in [6, 6.07) is 0. The van der Waals surface area contributed by atoms with Gasteiger partial charge in [-0.25, -0.2) is 0 Å². The van der Waals surface area contributed by atoms with E-state index in [0.29, 0.717) is 5.78 Å². The molecule has 1 heteroatoms. The van der Waals surface area contributed by atoms with Gasteiger partial charge in [0.25, 0.3) is 0 Å². The van der Waals surface area contributed by atoms with Crippen molar-refractivity contribution in [3.63, 3.8) is 0 Å². The maximum atomic E-state index is 11.7. The maximum absolute atomic E-state index is 11.7. The van der Waals surface area contributed by atoms with Gasteiger partial charge in [-0.3, -0.25) is 4.79 Å². The van der Waals surface area contributed by atoms with Crippen LogP contribution in [0.25, 0.3) is 0 Å². The van der Waals surface area contributed by atoms with Gasteiger partial charge in [-0.1, -0.05) is 44.3 Å². The summed E-state index contributed by atoms with van der Waals surface area (Å²) in [5.74, 6) is 0.463. The second kappa shape index (κ2) is 8.55. The predicted molar refractivity (Wildman–Crippen MR) is 69.6 cm³/mol. The molecule has 1 aliphatic carbocycles. The van der Waals surface area contributed by atoms with Crippen LogP contribution in [0.3, 0.4) is 0 Å². The van der Waals surface area contributed by atoms with Gasteiger partial charge >= 0.3 is 0 Å². The van der Waals surface area contributed by atoms with Gasteiger partial charge in [0, 0.05) is 12.8 Å². The number of Topliss-reactive ketones (excluding diaryl/α,β-unsaturated/α-hetero) is 1. The molecule has 0 N–H and O–H groups in total. The molecule has 0 amide bonds. The van der Waals surface area contributed by atoms with Crippen molar-refractivity contribution in [3.8, 4) is 0 Å². The van der Waals surface area contributed by atoms with E-state index >= 15 is 0 Å². The van der Waals surface area contributed by atoms with Gasteiger partial charge < -0.3 is 0 Å². The van der Waals surface area contributed by atoms with Crippen LogP contribution in [0.5, 0.6) is 0 Å². The first-order valence-corrected chi connectivity index (χ1v) is 7.02. The Bertz CT molecular complexity index is 228. The summed E-state index contributed by atoms with van der Waals surface area (Å²) in [5, 5.41) is 0. The van der Waals surface area contributed by atoms with Crippen molar-refractivity contribution in [2.75, 3.05) is 0 Å². The molecule has 0 spiro atoms. The largest absolute Gasteiger partial charge is 0.299 e. The lowest BCUT2D eigenvalue weighted by molar-refractivity contribution is -0.118. The van der Waals surface area contributed by atoms with Crippen molar-refractivity contribution in [3.05, 3.63) is 11.6 Å². The topological polar surface area (TPSA) is 17.1 Å². The third kappa shape index (κ3) is 6.09. The summed E-state index contributed by atoms with van der Waals surface area (Å²) >= 11 is 0. The first kappa shape index (κ1) is 13.5. The third-order valence-electron chi connectivity index (χ3n) is 3.37. The van der Waals surface area contributed by atoms with E-state index in [1.54, 1.807) is 0 Å². The van der Waals surface area contributed by atoms with E-state index in [-0.39, 0.29) is 0 Å². The van der Waals surface area contributed by atoms with Gasteiger partial charge in [0.1, 0.15) is 5.78 Å². The van der Waals surface area contributed by atoms with Crippen LogP contribution in [0.4, 0.5) is 0 Å². The molecule has 1 rings (SSSR count). The molecule has 1 nitrogen and oxygen atoms in total. The summed E-state index contributed by atoms with van der Waals surface area (Å²) in [7, 11) is 0. The highest BCUT2D eigenvalue weighted by Crippen LogP contribution is 2.21. The SMILES string of the molecule is CCCCCCCC(=O)CC1=CCCCC1. The molecule has 0 unspecified atom stereocenters. The van der Waals surface area contributed by atoms with Gasteiger partial charge in [-0.15, -0.1) is 0 Å². The van der Waals surface area contributed by atoms with Crippen molar-refractivity contribution in [2.24, 2.45) is 0 Å². The van der Waals surface area contributed by atoms with Crippen molar-refractivity contribution >= 4 is 5.78 Å². The molecule has 0 heterocycles. The zero-order valence-corrected chi connectivity index (χ0v) is 10.8. The van der Waals surface area contributed by atoms with Crippen LogP contribution in [0.2, 0.25) is 0 Å². The monoisotopic (exact) mass is 222 g/mol. The number of unbranched alkanes of at least 4 members (excludes halogenated alkanes) is 4. The van der Waals surface area contributed by atoms with Crippen LogP contribution >= 0.6 is 0 Å². The van der Waals surface area contributed by atoms with Crippen LogP contribution in [-0.2, 0) is 4.79 Å². The fourth-order valence-electron chi connectivity index (χ4n) is 2.33. The van der Waals surface area contributed by atoms with Crippen LogP contribution in [0.1, 0.15) is 77.6 Å². The highest BCUT2D eigenvalue weighted by molar-refractivity contribution is 5.80. The van der Waals surface area contributed by atoms with E-state index in [4.69, 9.17) is 0 Å². The molecule has 92 valence electrons. The van der Waals surface area contributed by atoms with E-state index in [9.17, 15) is 4.79 Å². The number of ketones is 1. The van der Waals surface area contributed by atoms with E-state index in [2.05, 4.69) is 13.0 Å². The minimum Gasteiger partial charge on any atom is -0.299 e. The second-order valence-electron chi connectivity index (χ2n) is 4.99. The van der Waals surface area contributed by atoms with Gasteiger partial charge in [0.15, 0.2) is 0 Å². The summed E-state index contributed by atoms with van der Waals surface area (Å²) < 4.78 is 0. The Hall–Kier alpha value is -0.590. The molecule has 0 aromatic rings. The Morgan fingerprint density at radius 1 is 1.19 bits per heavy atom. The number of hydrogen-bond donors (Lipinski definition) is 0. The highest BCUT2D eigenvalue weighted by Gasteiger charge is 2.08. The first-order chi connectivity index (χ1) is 7.83. The normalized spacial score (nSPS) is 15.9. The number of hydrogen-bond acceptors (Lipinski definition) is 1. The van der Waals surface area contributed by atoms with Gasteiger partial charge in [-0.2, -0.15) is 0 Å². The van der Waals surface area contributed by atoms with E-state index in [1.165, 1.54) is 56.9 Å². The number of allylic oxidation sites excluding steroid dienone is 2. The summed E-state index contributed by atoms with van der Waals surface area (Å²) in [6.07, 6.45) is 15.0. The highest BCUT2D eigenvalue weighted by atomic mass is 16.1. The van der Waals surface area contributed by atoms with Gasteiger partial charge in [0.05, 0.1) is 0 Å². The molecule has 0 fully saturated rings. The summed E-state index contributed by atoms with van der Waals surface area (Å²) in [5.41, 5.74) is 1.41. The lowest BCUT2D eigenvalue weighted by Crippen LogP contribution is -2.02. The molecular weight excluding hydrogens is 196 g/mol. The Kier molecular flexibility index (Phi) is 7.20. The fraction of sp³-hybridized carbons (Fsp3) is 0.800. The molecule has 0 radical (unpaired) electrons. The van der Waals surface area contributed by atoms with Crippen molar-refractivity contribution in [1.82, 2.24) is 0 Å². The zero-order valence-electron chi connectivity index (χ0n) is 10.8. The Morgan fingerprint density at radius 2 is 2.00 bits per heavy atom.